The Kier molecular flexibility index (Phi) is 18.0. The number of hydrogen-bond acceptors (Lipinski definition) is 6. The van der Waals surface area contributed by atoms with Gasteiger partial charge < -0.3 is 24.8 Å². The molecule has 0 spiro atoms. The summed E-state index contributed by atoms with van der Waals surface area (Å²) in [5, 5.41) is 8.61. The molecule has 0 aromatic heterocycles. The van der Waals surface area contributed by atoms with Gasteiger partial charge >= 0.3 is 43.2 Å². The SMILES string of the molecule is CCOC(=O)c1ccc(OCCCC(F)(F)F)cc1.O=C(O)c1ccc(OCCCC(F)(F)F)cc1.[Li+].[OH-]. The number of alkyl halides is 6. The van der Waals surface area contributed by atoms with Crippen molar-refractivity contribution in [2.75, 3.05) is 19.8 Å². The smallest absolute Gasteiger partial charge is 0.870 e. The molecule has 2 aromatic rings. The Bertz CT molecular complexity index is 933. The molecule has 208 valence electrons. The molecule has 0 bridgehead atoms. The average Bonchev–Trinajstić information content (AvgIpc) is 2.80. The van der Waals surface area contributed by atoms with Gasteiger partial charge in [-0.3, -0.25) is 0 Å². The van der Waals surface area contributed by atoms with E-state index in [2.05, 4.69) is 0 Å². The molecule has 0 amide bonds. The van der Waals surface area contributed by atoms with Crippen LogP contribution in [0.5, 0.6) is 11.5 Å². The zero-order valence-electron chi connectivity index (χ0n) is 20.8. The summed E-state index contributed by atoms with van der Waals surface area (Å²) in [6.07, 6.45) is -10.3. The molecule has 0 radical (unpaired) electrons. The minimum Gasteiger partial charge on any atom is -0.870 e. The molecule has 0 heterocycles. The van der Waals surface area contributed by atoms with E-state index in [-0.39, 0.29) is 62.6 Å². The molecule has 2 N–H and O–H groups in total. The Hall–Kier alpha value is -2.88. The number of esters is 1. The van der Waals surface area contributed by atoms with E-state index in [0.717, 1.165) is 0 Å². The van der Waals surface area contributed by atoms with E-state index >= 15 is 0 Å². The van der Waals surface area contributed by atoms with Crippen molar-refractivity contribution in [1.29, 1.82) is 0 Å². The molecule has 0 atom stereocenters. The fraction of sp³-hybridized carbons (Fsp3) is 0.417. The van der Waals surface area contributed by atoms with Crippen molar-refractivity contribution in [3.05, 3.63) is 59.7 Å². The Morgan fingerprint density at radius 1 is 0.737 bits per heavy atom. The third kappa shape index (κ3) is 17.6. The van der Waals surface area contributed by atoms with Crippen molar-refractivity contribution in [3.8, 4) is 11.5 Å². The van der Waals surface area contributed by atoms with Gasteiger partial charge in [0.25, 0.3) is 0 Å². The maximum Gasteiger partial charge on any atom is 1.00 e. The number of carboxylic acid groups (broad SMARTS) is 1. The number of rotatable bonds is 11. The van der Waals surface area contributed by atoms with Gasteiger partial charge in [0.05, 0.1) is 30.9 Å². The van der Waals surface area contributed by atoms with E-state index in [1.165, 1.54) is 48.5 Å². The van der Waals surface area contributed by atoms with E-state index in [1.54, 1.807) is 6.92 Å². The van der Waals surface area contributed by atoms with Crippen LogP contribution in [0, 0.1) is 0 Å². The number of aromatic carboxylic acids is 1. The summed E-state index contributed by atoms with van der Waals surface area (Å²) < 4.78 is 86.1. The van der Waals surface area contributed by atoms with Crippen molar-refractivity contribution >= 4 is 11.9 Å². The zero-order chi connectivity index (χ0) is 27.2. The van der Waals surface area contributed by atoms with Crippen LogP contribution in [-0.2, 0) is 4.74 Å². The first-order valence-electron chi connectivity index (χ1n) is 10.8. The number of carboxylic acids is 1. The quantitative estimate of drug-likeness (QED) is 0.198. The molecule has 38 heavy (non-hydrogen) atoms. The second kappa shape index (κ2) is 18.4. The van der Waals surface area contributed by atoms with Gasteiger partial charge in [0.2, 0.25) is 0 Å². The van der Waals surface area contributed by atoms with Gasteiger partial charge in [0.15, 0.2) is 0 Å². The number of carbonyl (C=O) groups excluding carboxylic acids is 1. The fourth-order valence-electron chi connectivity index (χ4n) is 2.52. The Balaban J connectivity index is 0. The maximum absolute atomic E-state index is 11.9. The van der Waals surface area contributed by atoms with Crippen LogP contribution < -0.4 is 28.3 Å². The summed E-state index contributed by atoms with van der Waals surface area (Å²) in [5.74, 6) is -0.716. The van der Waals surface area contributed by atoms with Crippen LogP contribution in [0.15, 0.2) is 48.5 Å². The number of halogens is 6. The zero-order valence-corrected chi connectivity index (χ0v) is 20.8. The van der Waals surface area contributed by atoms with Crippen LogP contribution in [0.4, 0.5) is 26.3 Å². The Morgan fingerprint density at radius 3 is 1.42 bits per heavy atom. The van der Waals surface area contributed by atoms with Gasteiger partial charge in [-0.25, -0.2) is 9.59 Å². The second-order valence-electron chi connectivity index (χ2n) is 7.21. The average molecular weight is 548 g/mol. The third-order valence-electron chi connectivity index (χ3n) is 4.21. The van der Waals surface area contributed by atoms with Crippen LogP contribution in [0.1, 0.15) is 53.3 Å². The van der Waals surface area contributed by atoms with E-state index in [9.17, 15) is 35.9 Å². The van der Waals surface area contributed by atoms with E-state index in [4.69, 9.17) is 19.3 Å². The van der Waals surface area contributed by atoms with Crippen molar-refractivity contribution in [2.45, 2.75) is 45.0 Å². The van der Waals surface area contributed by atoms with Crippen molar-refractivity contribution in [1.82, 2.24) is 0 Å². The van der Waals surface area contributed by atoms with Gasteiger partial charge in [0, 0.05) is 12.8 Å². The van der Waals surface area contributed by atoms with Crippen LogP contribution in [-0.4, -0.2) is 54.7 Å². The molecule has 0 unspecified atom stereocenters. The summed E-state index contributed by atoms with van der Waals surface area (Å²) in [4.78, 5) is 21.9. The first-order valence-corrected chi connectivity index (χ1v) is 10.8. The summed E-state index contributed by atoms with van der Waals surface area (Å²) in [7, 11) is 0. The van der Waals surface area contributed by atoms with Gasteiger partial charge in [0.1, 0.15) is 11.5 Å². The monoisotopic (exact) mass is 548 g/mol. The molecular weight excluding hydrogens is 521 g/mol. The van der Waals surface area contributed by atoms with Crippen LogP contribution in [0.25, 0.3) is 0 Å². The van der Waals surface area contributed by atoms with Crippen molar-refractivity contribution < 1.29 is 79.6 Å². The van der Waals surface area contributed by atoms with Crippen molar-refractivity contribution in [2.24, 2.45) is 0 Å². The molecule has 14 heteroatoms. The number of benzene rings is 2. The number of ether oxygens (including phenoxy) is 3. The summed E-state index contributed by atoms with van der Waals surface area (Å²) in [5.41, 5.74) is 0.483. The molecule has 0 fully saturated rings. The first-order chi connectivity index (χ1) is 16.8. The first kappa shape index (κ1) is 37.3. The van der Waals surface area contributed by atoms with Crippen molar-refractivity contribution in [3.63, 3.8) is 0 Å². The van der Waals surface area contributed by atoms with E-state index in [1.807, 2.05) is 0 Å². The third-order valence-corrected chi connectivity index (χ3v) is 4.21. The van der Waals surface area contributed by atoms with Gasteiger partial charge in [-0.1, -0.05) is 0 Å². The topological polar surface area (TPSA) is 112 Å². The van der Waals surface area contributed by atoms with Gasteiger partial charge in [-0.15, -0.1) is 0 Å². The molecule has 0 aliphatic heterocycles. The predicted octanol–water partition coefficient (Wildman–Crippen LogP) is 3.52. The van der Waals surface area contributed by atoms with Gasteiger partial charge in [-0.2, -0.15) is 26.3 Å². The summed E-state index contributed by atoms with van der Waals surface area (Å²) in [6.45, 7) is 1.93. The molecule has 2 aromatic carbocycles. The van der Waals surface area contributed by atoms with E-state index in [0.29, 0.717) is 17.1 Å². The standard InChI is InChI=1S/C13H15F3O3.C11H11F3O3.Li.H2O/c1-2-18-12(17)10-4-6-11(7-5-10)19-9-3-8-13(14,15)16;12-11(13,14)6-1-7-17-9-4-2-8(3-5-9)10(15)16;;/h4-7H,2-3,8-9H2,1H3;2-5H,1,6-7H2,(H,15,16);;1H2/q;;+1;/p-1. The largest absolute Gasteiger partial charge is 1.00 e. The normalized spacial score (nSPS) is 10.6. The molecule has 2 rings (SSSR count). The molecule has 0 aliphatic carbocycles. The summed E-state index contributed by atoms with van der Waals surface area (Å²) in [6, 6.07) is 11.6. The van der Waals surface area contributed by atoms with Crippen LogP contribution in [0.2, 0.25) is 0 Å². The van der Waals surface area contributed by atoms with Gasteiger partial charge in [-0.05, 0) is 68.3 Å². The second-order valence-corrected chi connectivity index (χ2v) is 7.21. The number of hydrogen-bond donors (Lipinski definition) is 1. The molecule has 0 aliphatic rings. The minimum atomic E-state index is -4.17. The molecule has 0 saturated carbocycles. The van der Waals surface area contributed by atoms with E-state index < -0.39 is 37.1 Å². The fourth-order valence-corrected chi connectivity index (χ4v) is 2.52. The van der Waals surface area contributed by atoms with Crippen LogP contribution in [0.3, 0.4) is 0 Å². The van der Waals surface area contributed by atoms with Crippen LogP contribution >= 0.6 is 0 Å². The summed E-state index contributed by atoms with van der Waals surface area (Å²) >= 11 is 0. The maximum atomic E-state index is 11.9. The molecule has 7 nitrogen and oxygen atoms in total. The molecular formula is C24H27F6LiO7. The Morgan fingerprint density at radius 2 is 1.11 bits per heavy atom. The molecule has 0 saturated heterocycles. The number of carbonyl (C=O) groups is 2. The predicted molar refractivity (Wildman–Crippen MR) is 119 cm³/mol. The Labute approximate surface area is 227 Å². The minimum absolute atomic E-state index is 0.